The first-order valence-corrected chi connectivity index (χ1v) is 6.80. The zero-order valence-corrected chi connectivity index (χ0v) is 11.0. The van der Waals surface area contributed by atoms with E-state index in [1.807, 2.05) is 0 Å². The number of benzene rings is 2. The minimum absolute atomic E-state index is 1.22. The van der Waals surface area contributed by atoms with Crippen LogP contribution in [0.3, 0.4) is 0 Å². The highest BCUT2D eigenvalue weighted by atomic mass is 14.1. The molecule has 0 bridgehead atoms. The van der Waals surface area contributed by atoms with Crippen LogP contribution in [0.1, 0.15) is 43.7 Å². The fourth-order valence-electron chi connectivity index (χ4n) is 2.49. The van der Waals surface area contributed by atoms with Gasteiger partial charge in [0.25, 0.3) is 0 Å². The smallest absolute Gasteiger partial charge is 0.0149 e. The van der Waals surface area contributed by atoms with E-state index in [9.17, 15) is 0 Å². The third-order valence-electron chi connectivity index (χ3n) is 3.53. The normalized spacial score (nSPS) is 10.9. The lowest BCUT2D eigenvalue weighted by Gasteiger charge is -2.08. The molecule has 0 heterocycles. The van der Waals surface area contributed by atoms with Crippen molar-refractivity contribution in [2.24, 2.45) is 0 Å². The van der Waals surface area contributed by atoms with Crippen LogP contribution in [0.2, 0.25) is 0 Å². The van der Waals surface area contributed by atoms with Gasteiger partial charge >= 0.3 is 0 Å². The molecule has 0 aliphatic heterocycles. The quantitative estimate of drug-likeness (QED) is 0.609. The summed E-state index contributed by atoms with van der Waals surface area (Å²) in [6.07, 6.45) is 6.58. The van der Waals surface area contributed by atoms with Gasteiger partial charge in [-0.15, -0.1) is 0 Å². The molecule has 90 valence electrons. The van der Waals surface area contributed by atoms with Crippen molar-refractivity contribution in [2.75, 3.05) is 0 Å². The Balaban J connectivity index is 2.19. The SMILES string of the molecule is CCCCCCc1cccc2c(C)cccc12. The van der Waals surface area contributed by atoms with Gasteiger partial charge in [-0.25, -0.2) is 0 Å². The standard InChI is InChI=1S/C17H22/c1-3-4-5-6-10-15-11-8-12-16-14(2)9-7-13-17(15)16/h7-9,11-13H,3-6,10H2,1-2H3. The Kier molecular flexibility index (Phi) is 4.19. The van der Waals surface area contributed by atoms with Crippen molar-refractivity contribution >= 4 is 10.8 Å². The Morgan fingerprint density at radius 3 is 2.41 bits per heavy atom. The summed E-state index contributed by atoms with van der Waals surface area (Å²) in [5.74, 6) is 0. The molecule has 2 aromatic rings. The predicted octanol–water partition coefficient (Wildman–Crippen LogP) is 5.27. The molecule has 0 amide bonds. The number of unbranched alkanes of at least 4 members (excludes halogenated alkanes) is 3. The topological polar surface area (TPSA) is 0 Å². The van der Waals surface area contributed by atoms with Gasteiger partial charge in [-0.2, -0.15) is 0 Å². The maximum absolute atomic E-state index is 2.29. The van der Waals surface area contributed by atoms with E-state index in [1.54, 1.807) is 0 Å². The van der Waals surface area contributed by atoms with Crippen LogP contribution < -0.4 is 0 Å². The highest BCUT2D eigenvalue weighted by Gasteiger charge is 2.02. The lowest BCUT2D eigenvalue weighted by atomic mass is 9.97. The molecule has 17 heavy (non-hydrogen) atoms. The molecule has 0 saturated heterocycles. The van der Waals surface area contributed by atoms with Crippen molar-refractivity contribution in [3.63, 3.8) is 0 Å². The summed E-state index contributed by atoms with van der Waals surface area (Å²) in [6, 6.07) is 13.4. The van der Waals surface area contributed by atoms with Crippen LogP contribution >= 0.6 is 0 Å². The van der Waals surface area contributed by atoms with E-state index in [0.717, 1.165) is 0 Å². The molecule has 2 rings (SSSR count). The Morgan fingerprint density at radius 2 is 1.59 bits per heavy atom. The second kappa shape index (κ2) is 5.86. The van der Waals surface area contributed by atoms with Gasteiger partial charge in [0.15, 0.2) is 0 Å². The van der Waals surface area contributed by atoms with Crippen LogP contribution in [0.4, 0.5) is 0 Å². The molecule has 2 aromatic carbocycles. The first-order chi connectivity index (χ1) is 8.33. The fraction of sp³-hybridized carbons (Fsp3) is 0.412. The molecule has 0 nitrogen and oxygen atoms in total. The van der Waals surface area contributed by atoms with E-state index < -0.39 is 0 Å². The first-order valence-electron chi connectivity index (χ1n) is 6.80. The summed E-state index contributed by atoms with van der Waals surface area (Å²) in [5, 5.41) is 2.87. The molecule has 0 N–H and O–H groups in total. The summed E-state index contributed by atoms with van der Waals surface area (Å²) in [5.41, 5.74) is 2.90. The van der Waals surface area contributed by atoms with Crippen LogP contribution in [-0.4, -0.2) is 0 Å². The van der Waals surface area contributed by atoms with Crippen LogP contribution in [0.5, 0.6) is 0 Å². The summed E-state index contributed by atoms with van der Waals surface area (Å²) in [4.78, 5) is 0. The van der Waals surface area contributed by atoms with Gasteiger partial charge in [0.05, 0.1) is 0 Å². The monoisotopic (exact) mass is 226 g/mol. The Morgan fingerprint density at radius 1 is 0.824 bits per heavy atom. The number of aryl methyl sites for hydroxylation is 2. The molecule has 0 spiro atoms. The second-order valence-electron chi connectivity index (χ2n) is 4.90. The Bertz CT molecular complexity index is 482. The van der Waals surface area contributed by atoms with E-state index in [-0.39, 0.29) is 0 Å². The summed E-state index contributed by atoms with van der Waals surface area (Å²) < 4.78 is 0. The van der Waals surface area contributed by atoms with Gasteiger partial charge in [0.1, 0.15) is 0 Å². The van der Waals surface area contributed by atoms with Crippen molar-refractivity contribution in [1.29, 1.82) is 0 Å². The molecule has 0 atom stereocenters. The van der Waals surface area contributed by atoms with Gasteiger partial charge in [0.2, 0.25) is 0 Å². The molecule has 0 radical (unpaired) electrons. The Labute approximate surface area is 105 Å². The van der Waals surface area contributed by atoms with Crippen LogP contribution in [0.15, 0.2) is 36.4 Å². The highest BCUT2D eigenvalue weighted by molar-refractivity contribution is 5.88. The number of hydrogen-bond acceptors (Lipinski definition) is 0. The van der Waals surface area contributed by atoms with Gasteiger partial charge in [-0.05, 0) is 41.7 Å². The van der Waals surface area contributed by atoms with E-state index >= 15 is 0 Å². The lowest BCUT2D eigenvalue weighted by Crippen LogP contribution is -1.89. The van der Waals surface area contributed by atoms with E-state index in [2.05, 4.69) is 50.2 Å². The maximum atomic E-state index is 2.29. The van der Waals surface area contributed by atoms with Gasteiger partial charge < -0.3 is 0 Å². The molecule has 0 aromatic heterocycles. The summed E-state index contributed by atoms with van der Waals surface area (Å²) in [6.45, 7) is 4.46. The molecular weight excluding hydrogens is 204 g/mol. The van der Waals surface area contributed by atoms with Crippen LogP contribution in [0, 0.1) is 6.92 Å². The maximum Gasteiger partial charge on any atom is -0.0149 e. The van der Waals surface area contributed by atoms with Crippen molar-refractivity contribution in [3.05, 3.63) is 47.5 Å². The Hall–Kier alpha value is -1.30. The molecule has 0 unspecified atom stereocenters. The third-order valence-corrected chi connectivity index (χ3v) is 3.53. The number of hydrogen-bond donors (Lipinski definition) is 0. The van der Waals surface area contributed by atoms with Crippen molar-refractivity contribution in [2.45, 2.75) is 46.0 Å². The molecule has 0 fully saturated rings. The number of rotatable bonds is 5. The van der Waals surface area contributed by atoms with E-state index in [1.165, 1.54) is 54.0 Å². The van der Waals surface area contributed by atoms with E-state index in [4.69, 9.17) is 0 Å². The van der Waals surface area contributed by atoms with Crippen molar-refractivity contribution in [3.8, 4) is 0 Å². The molecular formula is C17H22. The largest absolute Gasteiger partial charge is 0.0654 e. The van der Waals surface area contributed by atoms with Gasteiger partial charge in [-0.3, -0.25) is 0 Å². The molecule has 0 saturated carbocycles. The molecule has 0 aliphatic rings. The summed E-state index contributed by atoms with van der Waals surface area (Å²) in [7, 11) is 0. The zero-order valence-electron chi connectivity index (χ0n) is 11.0. The minimum atomic E-state index is 1.22. The highest BCUT2D eigenvalue weighted by Crippen LogP contribution is 2.23. The minimum Gasteiger partial charge on any atom is -0.0654 e. The van der Waals surface area contributed by atoms with Crippen LogP contribution in [-0.2, 0) is 6.42 Å². The van der Waals surface area contributed by atoms with Crippen molar-refractivity contribution in [1.82, 2.24) is 0 Å². The first kappa shape index (κ1) is 12.2. The lowest BCUT2D eigenvalue weighted by molar-refractivity contribution is 0.668. The molecule has 0 heteroatoms. The fourth-order valence-corrected chi connectivity index (χ4v) is 2.49. The third kappa shape index (κ3) is 2.88. The van der Waals surface area contributed by atoms with Crippen molar-refractivity contribution < 1.29 is 0 Å². The number of fused-ring (bicyclic) bond motifs is 1. The van der Waals surface area contributed by atoms with E-state index in [0.29, 0.717) is 0 Å². The average Bonchev–Trinajstić information content (AvgIpc) is 2.36. The molecule has 0 aliphatic carbocycles. The second-order valence-corrected chi connectivity index (χ2v) is 4.90. The van der Waals surface area contributed by atoms with Gasteiger partial charge in [0, 0.05) is 0 Å². The zero-order chi connectivity index (χ0) is 12.1. The predicted molar refractivity (Wildman–Crippen MR) is 76.5 cm³/mol. The average molecular weight is 226 g/mol. The summed E-state index contributed by atoms with van der Waals surface area (Å²) >= 11 is 0. The van der Waals surface area contributed by atoms with Gasteiger partial charge in [-0.1, -0.05) is 62.6 Å². The van der Waals surface area contributed by atoms with Crippen LogP contribution in [0.25, 0.3) is 10.8 Å².